The summed E-state index contributed by atoms with van der Waals surface area (Å²) in [4.78, 5) is 23.5. The van der Waals surface area contributed by atoms with Gasteiger partial charge in [-0.2, -0.15) is 21.8 Å². The lowest BCUT2D eigenvalue weighted by atomic mass is 10.1. The number of ether oxygens (including phenoxy) is 1. The Morgan fingerprint density at radius 3 is 2.09 bits per heavy atom. The summed E-state index contributed by atoms with van der Waals surface area (Å²) in [5.41, 5.74) is 12.9. The third-order valence-corrected chi connectivity index (χ3v) is 8.54. The third-order valence-electron chi connectivity index (χ3n) is 6.25. The first-order valence-corrected chi connectivity index (χ1v) is 16.9. The van der Waals surface area contributed by atoms with Crippen molar-refractivity contribution in [3.63, 3.8) is 0 Å². The van der Waals surface area contributed by atoms with Gasteiger partial charge in [-0.1, -0.05) is 23.7 Å². The van der Waals surface area contributed by atoms with Gasteiger partial charge in [0.25, 0.3) is 16.0 Å². The molecule has 0 atom stereocenters. The van der Waals surface area contributed by atoms with Crippen LogP contribution in [0, 0.1) is 0 Å². The summed E-state index contributed by atoms with van der Waals surface area (Å²) in [5.74, 6) is 0.411. The van der Waals surface area contributed by atoms with Crippen molar-refractivity contribution in [2.45, 2.75) is 37.9 Å². The molecular formula is C29H35ClN6O8S2. The van der Waals surface area contributed by atoms with Crippen LogP contribution in [0.2, 0.25) is 5.02 Å². The maximum absolute atomic E-state index is 12.7. The number of guanidine groups is 2. The molecule has 1 aliphatic heterocycles. The minimum Gasteiger partial charge on any atom is -0.487 e. The number of benzene rings is 3. The minimum absolute atomic E-state index is 0.0289. The van der Waals surface area contributed by atoms with Crippen LogP contribution < -0.4 is 25.3 Å². The van der Waals surface area contributed by atoms with Crippen molar-refractivity contribution < 1.29 is 35.1 Å². The zero-order valence-electron chi connectivity index (χ0n) is 25.7. The Hall–Kier alpha value is -4.38. The molecule has 14 nitrogen and oxygen atoms in total. The van der Waals surface area contributed by atoms with E-state index in [0.29, 0.717) is 27.6 Å². The van der Waals surface area contributed by atoms with Crippen molar-refractivity contribution >= 4 is 55.4 Å². The lowest BCUT2D eigenvalue weighted by Crippen LogP contribution is -2.54. The highest BCUT2D eigenvalue weighted by molar-refractivity contribution is 7.87. The number of rotatable bonds is 9. The molecule has 1 amide bonds. The van der Waals surface area contributed by atoms with Gasteiger partial charge in [0, 0.05) is 25.3 Å². The zero-order valence-corrected chi connectivity index (χ0v) is 28.1. The van der Waals surface area contributed by atoms with E-state index in [-0.39, 0.29) is 40.8 Å². The van der Waals surface area contributed by atoms with E-state index in [2.05, 4.69) is 9.98 Å². The smallest absolute Gasteiger partial charge is 0.339 e. The van der Waals surface area contributed by atoms with Crippen molar-refractivity contribution in [1.82, 2.24) is 4.90 Å². The van der Waals surface area contributed by atoms with Gasteiger partial charge in [0.1, 0.15) is 28.7 Å². The molecule has 0 saturated carbocycles. The molecule has 3 aromatic carbocycles. The molecule has 0 saturated heterocycles. The van der Waals surface area contributed by atoms with E-state index in [4.69, 9.17) is 36.5 Å². The fraction of sp³-hybridized carbons (Fsp3) is 0.276. The molecule has 4 rings (SSSR count). The van der Waals surface area contributed by atoms with Crippen molar-refractivity contribution in [2.24, 2.45) is 21.5 Å². The van der Waals surface area contributed by atoms with Gasteiger partial charge in [-0.25, -0.2) is 4.99 Å². The molecule has 17 heteroatoms. The number of halogens is 1. The van der Waals surface area contributed by atoms with Gasteiger partial charge in [0.15, 0.2) is 0 Å². The highest BCUT2D eigenvalue weighted by Gasteiger charge is 2.33. The van der Waals surface area contributed by atoms with E-state index in [0.717, 1.165) is 0 Å². The minimum atomic E-state index is -4.09. The fourth-order valence-electron chi connectivity index (χ4n) is 4.00. The second-order valence-corrected chi connectivity index (χ2v) is 14.1. The van der Waals surface area contributed by atoms with Crippen LogP contribution in [0.4, 0.5) is 5.69 Å². The highest BCUT2D eigenvalue weighted by Crippen LogP contribution is 2.34. The zero-order chi connectivity index (χ0) is 34.4. The van der Waals surface area contributed by atoms with Crippen LogP contribution in [-0.2, 0) is 26.8 Å². The van der Waals surface area contributed by atoms with Gasteiger partial charge >= 0.3 is 10.1 Å². The molecule has 5 N–H and O–H groups in total. The summed E-state index contributed by atoms with van der Waals surface area (Å²) < 4.78 is 63.4. The van der Waals surface area contributed by atoms with Crippen LogP contribution in [-0.4, -0.2) is 69.6 Å². The number of aliphatic imine (C=N–C) groups is 2. The van der Waals surface area contributed by atoms with E-state index in [1.807, 2.05) is 13.8 Å². The molecule has 0 unspecified atom stereocenters. The molecule has 1 heterocycles. The Morgan fingerprint density at radius 1 is 1.00 bits per heavy atom. The summed E-state index contributed by atoms with van der Waals surface area (Å²) in [6.45, 7) is 5.20. The summed E-state index contributed by atoms with van der Waals surface area (Å²) in [7, 11) is -4.48. The molecule has 0 aliphatic carbocycles. The van der Waals surface area contributed by atoms with Crippen LogP contribution in [0.5, 0.6) is 11.5 Å². The topological polar surface area (TPSA) is 207 Å². The van der Waals surface area contributed by atoms with Crippen molar-refractivity contribution in [1.29, 1.82) is 0 Å². The van der Waals surface area contributed by atoms with E-state index in [9.17, 15) is 21.6 Å². The number of hydrogen-bond acceptors (Lipinski definition) is 12. The van der Waals surface area contributed by atoms with Gasteiger partial charge in [-0.3, -0.25) is 14.2 Å². The molecule has 0 aromatic heterocycles. The molecule has 0 radical (unpaired) electrons. The normalized spacial score (nSPS) is 14.3. The second kappa shape index (κ2) is 14.4. The maximum Gasteiger partial charge on any atom is 0.339 e. The summed E-state index contributed by atoms with van der Waals surface area (Å²) >= 11 is 6.48. The van der Waals surface area contributed by atoms with Crippen LogP contribution in [0.3, 0.4) is 0 Å². The molecule has 1 aliphatic rings. The summed E-state index contributed by atoms with van der Waals surface area (Å²) in [6, 6.07) is 17.1. The first-order valence-electron chi connectivity index (χ1n) is 13.6. The number of carbonyl (C=O) groups excluding carboxylic acids is 1. The second-order valence-electron chi connectivity index (χ2n) is 10.4. The van der Waals surface area contributed by atoms with Crippen molar-refractivity contribution in [2.75, 3.05) is 24.7 Å². The third kappa shape index (κ3) is 9.56. The number of amides is 1. The number of nitrogens with two attached hydrogens (primary N) is 2. The van der Waals surface area contributed by atoms with Crippen LogP contribution in [0.15, 0.2) is 81.6 Å². The molecular weight excluding hydrogens is 660 g/mol. The fourth-order valence-corrected chi connectivity index (χ4v) is 5.16. The van der Waals surface area contributed by atoms with Crippen LogP contribution in [0.25, 0.3) is 0 Å². The van der Waals surface area contributed by atoms with E-state index in [1.165, 1.54) is 48.2 Å². The lowest BCUT2D eigenvalue weighted by molar-refractivity contribution is 0.0827. The molecule has 248 valence electrons. The standard InChI is InChI=1S/C27H29ClN6O5S.C2H6O3S/c1-27(2)32-25(29)31-26(30)34(27)19-9-14-23(22(28)15-19)38-16-17-5-12-21(13-6-17)40(36,37)39-20-10-7-18(8-11-20)24(35)33(3)4;1-2-6(3,4)5/h5-15H,16H2,1-4H3,(H4,29,30,31,32);2H2,1H3,(H,3,4,5). The predicted molar refractivity (Wildman–Crippen MR) is 176 cm³/mol. The van der Waals surface area contributed by atoms with E-state index in [1.54, 1.807) is 49.3 Å². The lowest BCUT2D eigenvalue weighted by Gasteiger charge is -2.38. The Morgan fingerprint density at radius 2 is 1.59 bits per heavy atom. The van der Waals surface area contributed by atoms with Gasteiger partial charge < -0.3 is 25.3 Å². The quantitative estimate of drug-likeness (QED) is 0.218. The number of hydrogen-bond donors (Lipinski definition) is 3. The molecule has 0 spiro atoms. The molecule has 0 bridgehead atoms. The number of nitrogens with zero attached hydrogens (tertiary/aromatic N) is 4. The predicted octanol–water partition coefficient (Wildman–Crippen LogP) is 3.47. The summed E-state index contributed by atoms with van der Waals surface area (Å²) in [6.07, 6.45) is 0. The van der Waals surface area contributed by atoms with E-state index < -0.39 is 25.9 Å². The number of carbonyl (C=O) groups is 1. The van der Waals surface area contributed by atoms with E-state index >= 15 is 0 Å². The highest BCUT2D eigenvalue weighted by atomic mass is 35.5. The van der Waals surface area contributed by atoms with Crippen LogP contribution in [0.1, 0.15) is 36.7 Å². The van der Waals surface area contributed by atoms with Gasteiger partial charge in [0.05, 0.1) is 10.8 Å². The number of anilines is 1. The average Bonchev–Trinajstić information content (AvgIpc) is 2.95. The van der Waals surface area contributed by atoms with Crippen LogP contribution >= 0.6 is 11.6 Å². The molecule has 3 aromatic rings. The first kappa shape index (κ1) is 36.1. The van der Waals surface area contributed by atoms with Crippen molar-refractivity contribution in [3.05, 3.63) is 82.9 Å². The average molecular weight is 695 g/mol. The summed E-state index contributed by atoms with van der Waals surface area (Å²) in [5, 5.41) is 0.342. The van der Waals surface area contributed by atoms with Crippen molar-refractivity contribution in [3.8, 4) is 11.5 Å². The Balaban J connectivity index is 0.000000875. The maximum atomic E-state index is 12.7. The van der Waals surface area contributed by atoms with Gasteiger partial charge in [-0.05, 0) is 80.9 Å². The SMILES string of the molecule is CCS(=O)(=O)O.CN(C)C(=O)c1ccc(OS(=O)(=O)c2ccc(COc3ccc(N4C(N)=NC(N)=NC4(C)C)cc3Cl)cc2)cc1. The largest absolute Gasteiger partial charge is 0.487 e. The Labute approximate surface area is 273 Å². The van der Waals surface area contributed by atoms with Gasteiger partial charge in [0.2, 0.25) is 11.9 Å². The van der Waals surface area contributed by atoms with Gasteiger partial charge in [-0.15, -0.1) is 0 Å². The Kier molecular flexibility index (Phi) is 11.3. The first-order chi connectivity index (χ1) is 21.3. The molecule has 46 heavy (non-hydrogen) atoms. The Bertz CT molecular complexity index is 1850. The molecule has 0 fully saturated rings. The monoisotopic (exact) mass is 694 g/mol.